The standard InChI is InChI=1S/C22H26N6.2ClH/c1-2-8-14-26(13-7-1)15-16-27-21-12-6-5-11-20(21)23-22(27)17-28-24-18-9-3-4-10-19(18)25-28;;/h3-6,9-12H,1-2,7-8,13-17H2;2*1H. The number of hydrogen-bond acceptors (Lipinski definition) is 4. The lowest BCUT2D eigenvalue weighted by atomic mass is 10.2. The van der Waals surface area contributed by atoms with Gasteiger partial charge < -0.3 is 9.47 Å². The molecule has 0 atom stereocenters. The molecular formula is C22H28Cl2N6. The largest absolute Gasteiger partial charge is 0.325 e. The molecule has 0 amide bonds. The van der Waals surface area contributed by atoms with E-state index in [4.69, 9.17) is 4.98 Å². The second-order valence-electron chi connectivity index (χ2n) is 7.64. The van der Waals surface area contributed by atoms with Crippen molar-refractivity contribution in [3.05, 3.63) is 54.4 Å². The van der Waals surface area contributed by atoms with Crippen LogP contribution < -0.4 is 0 Å². The molecule has 30 heavy (non-hydrogen) atoms. The number of aromatic nitrogens is 5. The third kappa shape index (κ3) is 4.77. The molecule has 0 bridgehead atoms. The van der Waals surface area contributed by atoms with Crippen LogP contribution in [0.25, 0.3) is 22.1 Å². The molecule has 2 aromatic carbocycles. The van der Waals surface area contributed by atoms with Gasteiger partial charge in [-0.1, -0.05) is 37.1 Å². The van der Waals surface area contributed by atoms with Gasteiger partial charge in [-0.2, -0.15) is 15.0 Å². The van der Waals surface area contributed by atoms with Gasteiger partial charge in [-0.3, -0.25) is 0 Å². The number of imidazole rings is 1. The maximum atomic E-state index is 4.90. The van der Waals surface area contributed by atoms with Crippen LogP contribution in [0.1, 0.15) is 31.5 Å². The lowest BCUT2D eigenvalue weighted by Crippen LogP contribution is -2.29. The van der Waals surface area contributed by atoms with Crippen LogP contribution in [0.4, 0.5) is 0 Å². The average molecular weight is 447 g/mol. The van der Waals surface area contributed by atoms with Crippen LogP contribution in [-0.2, 0) is 13.1 Å². The zero-order valence-electron chi connectivity index (χ0n) is 17.0. The summed E-state index contributed by atoms with van der Waals surface area (Å²) in [7, 11) is 0. The summed E-state index contributed by atoms with van der Waals surface area (Å²) in [6.45, 7) is 5.05. The Bertz CT molecular complexity index is 1050. The van der Waals surface area contributed by atoms with Gasteiger partial charge in [-0.05, 0) is 50.2 Å². The van der Waals surface area contributed by atoms with Crippen LogP contribution in [-0.4, -0.2) is 49.1 Å². The topological polar surface area (TPSA) is 51.8 Å². The van der Waals surface area contributed by atoms with E-state index < -0.39 is 0 Å². The minimum Gasteiger partial charge on any atom is -0.325 e. The Kier molecular flexibility index (Phi) is 7.69. The van der Waals surface area contributed by atoms with E-state index in [2.05, 4.69) is 43.9 Å². The van der Waals surface area contributed by atoms with E-state index in [1.807, 2.05) is 24.3 Å². The fourth-order valence-electron chi connectivity index (χ4n) is 4.20. The molecule has 1 saturated heterocycles. The van der Waals surface area contributed by atoms with E-state index in [1.54, 1.807) is 4.80 Å². The van der Waals surface area contributed by atoms with Gasteiger partial charge in [0, 0.05) is 13.1 Å². The first-order valence-electron chi connectivity index (χ1n) is 10.3. The van der Waals surface area contributed by atoms with Gasteiger partial charge in [-0.15, -0.1) is 24.8 Å². The highest BCUT2D eigenvalue weighted by Crippen LogP contribution is 2.18. The van der Waals surface area contributed by atoms with Crippen LogP contribution in [0.15, 0.2) is 48.5 Å². The molecule has 0 radical (unpaired) electrons. The Labute approximate surface area is 189 Å². The second-order valence-corrected chi connectivity index (χ2v) is 7.64. The quantitative estimate of drug-likeness (QED) is 0.451. The molecular weight excluding hydrogens is 419 g/mol. The zero-order valence-corrected chi connectivity index (χ0v) is 18.6. The fraction of sp³-hybridized carbons (Fsp3) is 0.409. The van der Waals surface area contributed by atoms with Crippen LogP contribution in [0.5, 0.6) is 0 Å². The highest BCUT2D eigenvalue weighted by molar-refractivity contribution is 5.85. The normalized spacial score (nSPS) is 14.9. The number of nitrogens with zero attached hydrogens (tertiary/aromatic N) is 6. The number of halogens is 2. The molecule has 0 unspecified atom stereocenters. The molecule has 1 aliphatic rings. The minimum atomic E-state index is 0. The number of fused-ring (bicyclic) bond motifs is 2. The first-order valence-corrected chi connectivity index (χ1v) is 10.3. The lowest BCUT2D eigenvalue weighted by Gasteiger charge is -2.20. The Hall–Kier alpha value is -2.15. The van der Waals surface area contributed by atoms with Gasteiger partial charge in [0.25, 0.3) is 0 Å². The van der Waals surface area contributed by atoms with Gasteiger partial charge in [0.05, 0.1) is 11.0 Å². The van der Waals surface area contributed by atoms with Crippen molar-refractivity contribution in [3.8, 4) is 0 Å². The zero-order chi connectivity index (χ0) is 18.8. The Morgan fingerprint density at radius 2 is 1.30 bits per heavy atom. The minimum absolute atomic E-state index is 0. The third-order valence-corrected chi connectivity index (χ3v) is 5.68. The SMILES string of the molecule is Cl.Cl.c1ccc2nn(Cc3nc4ccccc4n3CCN3CCCCCC3)nc2c1. The van der Waals surface area contributed by atoms with Crippen LogP contribution in [0, 0.1) is 0 Å². The highest BCUT2D eigenvalue weighted by atomic mass is 35.5. The molecule has 8 heteroatoms. The molecule has 2 aromatic heterocycles. The third-order valence-electron chi connectivity index (χ3n) is 5.68. The predicted molar refractivity (Wildman–Crippen MR) is 126 cm³/mol. The summed E-state index contributed by atoms with van der Waals surface area (Å²) < 4.78 is 2.36. The predicted octanol–water partition coefficient (Wildman–Crippen LogP) is 4.55. The van der Waals surface area contributed by atoms with E-state index >= 15 is 0 Å². The molecule has 4 aromatic rings. The van der Waals surface area contributed by atoms with Gasteiger partial charge in [0.15, 0.2) is 0 Å². The van der Waals surface area contributed by atoms with E-state index in [0.717, 1.165) is 35.5 Å². The van der Waals surface area contributed by atoms with Crippen molar-refractivity contribution >= 4 is 46.9 Å². The first kappa shape index (κ1) is 22.5. The first-order chi connectivity index (χ1) is 13.9. The fourth-order valence-corrected chi connectivity index (χ4v) is 4.20. The molecule has 5 rings (SSSR count). The molecule has 0 N–H and O–H groups in total. The molecule has 1 aliphatic heterocycles. The van der Waals surface area contributed by atoms with E-state index in [9.17, 15) is 0 Å². The Morgan fingerprint density at radius 3 is 1.97 bits per heavy atom. The summed E-state index contributed by atoms with van der Waals surface area (Å²) in [5.74, 6) is 1.02. The van der Waals surface area contributed by atoms with E-state index in [1.165, 1.54) is 44.3 Å². The van der Waals surface area contributed by atoms with Crippen LogP contribution in [0.2, 0.25) is 0 Å². The van der Waals surface area contributed by atoms with Crippen molar-refractivity contribution in [2.45, 2.75) is 38.8 Å². The van der Waals surface area contributed by atoms with Crippen molar-refractivity contribution < 1.29 is 0 Å². The van der Waals surface area contributed by atoms with Crippen molar-refractivity contribution in [2.75, 3.05) is 19.6 Å². The molecule has 0 aliphatic carbocycles. The number of hydrogen-bond donors (Lipinski definition) is 0. The summed E-state index contributed by atoms with van der Waals surface area (Å²) in [5.41, 5.74) is 4.10. The number of likely N-dealkylation sites (tertiary alicyclic amines) is 1. The summed E-state index contributed by atoms with van der Waals surface area (Å²) in [6, 6.07) is 16.4. The lowest BCUT2D eigenvalue weighted by molar-refractivity contribution is 0.273. The summed E-state index contributed by atoms with van der Waals surface area (Å²) >= 11 is 0. The van der Waals surface area contributed by atoms with E-state index in [-0.39, 0.29) is 24.8 Å². The maximum Gasteiger partial charge on any atom is 0.133 e. The van der Waals surface area contributed by atoms with Crippen LogP contribution in [0.3, 0.4) is 0 Å². The van der Waals surface area contributed by atoms with Gasteiger partial charge >= 0.3 is 0 Å². The van der Waals surface area contributed by atoms with Crippen molar-refractivity contribution in [1.29, 1.82) is 0 Å². The molecule has 0 saturated carbocycles. The molecule has 6 nitrogen and oxygen atoms in total. The molecule has 1 fully saturated rings. The number of rotatable bonds is 5. The molecule has 0 spiro atoms. The van der Waals surface area contributed by atoms with Crippen molar-refractivity contribution in [1.82, 2.24) is 29.4 Å². The molecule has 160 valence electrons. The van der Waals surface area contributed by atoms with Crippen LogP contribution >= 0.6 is 24.8 Å². The van der Waals surface area contributed by atoms with Crippen molar-refractivity contribution in [2.24, 2.45) is 0 Å². The molecule has 3 heterocycles. The van der Waals surface area contributed by atoms with Gasteiger partial charge in [0.2, 0.25) is 0 Å². The highest BCUT2D eigenvalue weighted by Gasteiger charge is 2.15. The maximum absolute atomic E-state index is 4.90. The van der Waals surface area contributed by atoms with Crippen molar-refractivity contribution in [3.63, 3.8) is 0 Å². The summed E-state index contributed by atoms with van der Waals surface area (Å²) in [4.78, 5) is 9.28. The number of benzene rings is 2. The summed E-state index contributed by atoms with van der Waals surface area (Å²) in [5, 5.41) is 9.25. The monoisotopic (exact) mass is 446 g/mol. The van der Waals surface area contributed by atoms with Gasteiger partial charge in [0.1, 0.15) is 23.4 Å². The van der Waals surface area contributed by atoms with Gasteiger partial charge in [-0.25, -0.2) is 4.98 Å². The number of para-hydroxylation sites is 2. The Balaban J connectivity index is 0.00000128. The smallest absolute Gasteiger partial charge is 0.133 e. The average Bonchev–Trinajstić information content (AvgIpc) is 3.17. The summed E-state index contributed by atoms with van der Waals surface area (Å²) in [6.07, 6.45) is 5.38. The second kappa shape index (κ2) is 10.2. The van der Waals surface area contributed by atoms with E-state index in [0.29, 0.717) is 6.54 Å². The Morgan fingerprint density at radius 1 is 0.700 bits per heavy atom.